The van der Waals surface area contributed by atoms with E-state index in [-0.39, 0.29) is 6.54 Å². The van der Waals surface area contributed by atoms with Crippen LogP contribution in [-0.2, 0) is 4.79 Å². The van der Waals surface area contributed by atoms with E-state index in [0.717, 1.165) is 0 Å². The van der Waals surface area contributed by atoms with Crippen molar-refractivity contribution >= 4 is 11.9 Å². The highest BCUT2D eigenvalue weighted by atomic mass is 16.5. The number of amides is 3. The maximum atomic E-state index is 10.7. The van der Waals surface area contributed by atoms with Gasteiger partial charge in [0.25, 0.3) is 0 Å². The van der Waals surface area contributed by atoms with E-state index in [4.69, 9.17) is 10.2 Å². The summed E-state index contributed by atoms with van der Waals surface area (Å²) in [5.74, 6) is -3.78. The van der Waals surface area contributed by atoms with Crippen molar-refractivity contribution < 1.29 is 19.8 Å². The minimum atomic E-state index is -2.67. The van der Waals surface area contributed by atoms with Gasteiger partial charge in [0.15, 0.2) is 0 Å². The number of carbonyl (C=O) groups is 2. The van der Waals surface area contributed by atoms with Gasteiger partial charge in [-0.15, -0.1) is 0 Å². The normalized spacial score (nSPS) is 22.3. The van der Waals surface area contributed by atoms with Crippen LogP contribution in [0.15, 0.2) is 0 Å². The summed E-state index contributed by atoms with van der Waals surface area (Å²) in [5, 5.41) is 19.6. The van der Waals surface area contributed by atoms with Crippen molar-refractivity contribution in [1.29, 1.82) is 0 Å². The Morgan fingerprint density at radius 1 is 1.55 bits per heavy atom. The predicted octanol–water partition coefficient (Wildman–Crippen LogP) is -1.80. The number of aliphatic hydroxyl groups is 2. The third-order valence-electron chi connectivity index (χ3n) is 1.46. The molecular formula is C5H8N2O4. The Labute approximate surface area is 62.4 Å². The molecule has 0 aromatic heterocycles. The Morgan fingerprint density at radius 3 is 2.27 bits per heavy atom. The fourth-order valence-electron chi connectivity index (χ4n) is 0.877. The zero-order valence-electron chi connectivity index (χ0n) is 5.87. The maximum Gasteiger partial charge on any atom is 0.334 e. The second-order valence-corrected chi connectivity index (χ2v) is 2.14. The van der Waals surface area contributed by atoms with Crippen molar-refractivity contribution in [3.8, 4) is 0 Å². The first kappa shape index (κ1) is 7.96. The SMILES string of the molecule is CCN1C(=O)NC(=O)C1(O)O. The molecule has 0 saturated carbocycles. The van der Waals surface area contributed by atoms with Gasteiger partial charge in [0.2, 0.25) is 0 Å². The Kier molecular flexibility index (Phi) is 1.57. The average molecular weight is 160 g/mol. The number of nitrogens with one attached hydrogen (secondary N) is 1. The average Bonchev–Trinajstić information content (AvgIpc) is 2.04. The molecule has 1 rings (SSSR count). The Balaban J connectivity index is 2.93. The molecule has 0 spiro atoms. The quantitative estimate of drug-likeness (QED) is 0.311. The molecule has 0 atom stereocenters. The molecule has 0 unspecified atom stereocenters. The third-order valence-corrected chi connectivity index (χ3v) is 1.46. The Hall–Kier alpha value is -1.14. The van der Waals surface area contributed by atoms with Gasteiger partial charge in [-0.3, -0.25) is 15.0 Å². The summed E-state index contributed by atoms with van der Waals surface area (Å²) in [4.78, 5) is 21.9. The highest BCUT2D eigenvalue weighted by molar-refractivity contribution is 6.04. The van der Waals surface area contributed by atoms with Crippen molar-refractivity contribution in [3.63, 3.8) is 0 Å². The molecule has 1 aliphatic rings. The first-order valence-electron chi connectivity index (χ1n) is 3.08. The largest absolute Gasteiger partial charge is 0.341 e. The lowest BCUT2D eigenvalue weighted by Crippen LogP contribution is -2.49. The molecule has 3 N–H and O–H groups in total. The molecular weight excluding hydrogens is 152 g/mol. The maximum absolute atomic E-state index is 10.7. The van der Waals surface area contributed by atoms with Crippen LogP contribution in [-0.4, -0.2) is 39.5 Å². The molecule has 0 aliphatic carbocycles. The third kappa shape index (κ3) is 0.958. The zero-order valence-corrected chi connectivity index (χ0v) is 5.87. The van der Waals surface area contributed by atoms with Crippen LogP contribution < -0.4 is 5.32 Å². The molecule has 6 heteroatoms. The van der Waals surface area contributed by atoms with Gasteiger partial charge in [0, 0.05) is 6.54 Å². The van der Waals surface area contributed by atoms with Gasteiger partial charge >= 0.3 is 17.8 Å². The smallest absolute Gasteiger partial charge is 0.334 e. The molecule has 0 bridgehead atoms. The molecule has 62 valence electrons. The summed E-state index contributed by atoms with van der Waals surface area (Å²) in [6.07, 6.45) is 0. The van der Waals surface area contributed by atoms with Crippen LogP contribution in [0.4, 0.5) is 4.79 Å². The standard InChI is InChI=1S/C5H8N2O4/c1-2-7-4(9)6-3(8)5(7,10)11/h10-11H,2H2,1H3,(H,6,8,9). The second-order valence-electron chi connectivity index (χ2n) is 2.14. The molecule has 3 amide bonds. The minimum absolute atomic E-state index is 0.0601. The topological polar surface area (TPSA) is 89.9 Å². The number of rotatable bonds is 1. The molecule has 0 aromatic carbocycles. The number of likely N-dealkylation sites (N-methyl/N-ethyl adjacent to an activating group) is 1. The lowest BCUT2D eigenvalue weighted by Gasteiger charge is -2.22. The van der Waals surface area contributed by atoms with Gasteiger partial charge in [0.1, 0.15) is 0 Å². The van der Waals surface area contributed by atoms with Gasteiger partial charge in [-0.2, -0.15) is 0 Å². The van der Waals surface area contributed by atoms with Crippen molar-refractivity contribution in [1.82, 2.24) is 10.2 Å². The van der Waals surface area contributed by atoms with Gasteiger partial charge in [-0.1, -0.05) is 0 Å². The summed E-state index contributed by atoms with van der Waals surface area (Å²) >= 11 is 0. The van der Waals surface area contributed by atoms with Crippen LogP contribution in [0.5, 0.6) is 0 Å². The Morgan fingerprint density at radius 2 is 2.09 bits per heavy atom. The molecule has 1 heterocycles. The number of nitrogens with zero attached hydrogens (tertiary/aromatic N) is 1. The Bertz CT molecular complexity index is 213. The molecule has 1 saturated heterocycles. The van der Waals surface area contributed by atoms with Gasteiger partial charge < -0.3 is 10.2 Å². The minimum Gasteiger partial charge on any atom is -0.341 e. The molecule has 0 aromatic rings. The predicted molar refractivity (Wildman–Crippen MR) is 33.1 cm³/mol. The van der Waals surface area contributed by atoms with Crippen molar-refractivity contribution in [2.24, 2.45) is 0 Å². The number of imide groups is 1. The summed E-state index contributed by atoms with van der Waals surface area (Å²) in [6, 6.07) is -0.789. The van der Waals surface area contributed by atoms with Crippen LogP contribution in [0.25, 0.3) is 0 Å². The summed E-state index contributed by atoms with van der Waals surface area (Å²) < 4.78 is 0. The van der Waals surface area contributed by atoms with Crippen LogP contribution in [0, 0.1) is 0 Å². The highest BCUT2D eigenvalue weighted by Gasteiger charge is 2.50. The summed E-state index contributed by atoms with van der Waals surface area (Å²) in [7, 11) is 0. The van der Waals surface area contributed by atoms with E-state index in [1.165, 1.54) is 6.92 Å². The summed E-state index contributed by atoms with van der Waals surface area (Å²) in [5.41, 5.74) is 0. The molecule has 1 fully saturated rings. The highest BCUT2D eigenvalue weighted by Crippen LogP contribution is 2.14. The van der Waals surface area contributed by atoms with Crippen LogP contribution in [0.3, 0.4) is 0 Å². The van der Waals surface area contributed by atoms with E-state index in [2.05, 4.69) is 0 Å². The van der Waals surface area contributed by atoms with Crippen molar-refractivity contribution in [2.45, 2.75) is 12.8 Å². The van der Waals surface area contributed by atoms with E-state index in [1.54, 1.807) is 5.32 Å². The van der Waals surface area contributed by atoms with Crippen molar-refractivity contribution in [2.75, 3.05) is 6.54 Å². The number of urea groups is 1. The first-order valence-corrected chi connectivity index (χ1v) is 3.08. The molecule has 1 aliphatic heterocycles. The fraction of sp³-hybridized carbons (Fsp3) is 0.600. The van der Waals surface area contributed by atoms with Crippen molar-refractivity contribution in [3.05, 3.63) is 0 Å². The van der Waals surface area contributed by atoms with E-state index in [0.29, 0.717) is 4.90 Å². The van der Waals surface area contributed by atoms with E-state index < -0.39 is 17.8 Å². The summed E-state index contributed by atoms with van der Waals surface area (Å²) in [6.45, 7) is 1.59. The lowest BCUT2D eigenvalue weighted by atomic mass is 10.4. The second kappa shape index (κ2) is 2.18. The number of hydrogen-bond acceptors (Lipinski definition) is 4. The van der Waals surface area contributed by atoms with Gasteiger partial charge in [-0.25, -0.2) is 4.79 Å². The molecule has 0 radical (unpaired) electrons. The van der Waals surface area contributed by atoms with Crippen LogP contribution in [0.1, 0.15) is 6.92 Å². The fourth-order valence-corrected chi connectivity index (χ4v) is 0.877. The first-order chi connectivity index (χ1) is 5.00. The van der Waals surface area contributed by atoms with Gasteiger partial charge in [0.05, 0.1) is 0 Å². The number of hydrogen-bond donors (Lipinski definition) is 3. The van der Waals surface area contributed by atoms with Crippen LogP contribution in [0.2, 0.25) is 0 Å². The van der Waals surface area contributed by atoms with E-state index >= 15 is 0 Å². The lowest BCUT2D eigenvalue weighted by molar-refractivity contribution is -0.222. The van der Waals surface area contributed by atoms with Crippen LogP contribution >= 0.6 is 0 Å². The van der Waals surface area contributed by atoms with E-state index in [9.17, 15) is 9.59 Å². The van der Waals surface area contributed by atoms with Gasteiger partial charge in [-0.05, 0) is 6.92 Å². The monoisotopic (exact) mass is 160 g/mol. The van der Waals surface area contributed by atoms with E-state index in [1.807, 2.05) is 0 Å². The zero-order chi connectivity index (χ0) is 8.65. The molecule has 6 nitrogen and oxygen atoms in total. The molecule has 11 heavy (non-hydrogen) atoms. The number of carbonyl (C=O) groups excluding carboxylic acids is 2.